The molecule has 4 nitrogen and oxygen atoms in total. The Morgan fingerprint density at radius 3 is 2.18 bits per heavy atom. The fraction of sp³-hybridized carbons (Fsp3) is 0.944. The van der Waals surface area contributed by atoms with Gasteiger partial charge in [0.05, 0.1) is 0 Å². The summed E-state index contributed by atoms with van der Waals surface area (Å²) in [7, 11) is 0. The SMILES string of the molecule is CCCC(CNC(=O)OC(C)(C)C)NC(CC)CC(C)CC. The van der Waals surface area contributed by atoms with E-state index in [2.05, 4.69) is 38.3 Å². The molecule has 0 aliphatic heterocycles. The second-order valence-corrected chi connectivity index (χ2v) is 7.39. The maximum atomic E-state index is 11.8. The quantitative estimate of drug-likeness (QED) is 0.625. The molecule has 0 saturated carbocycles. The van der Waals surface area contributed by atoms with Gasteiger partial charge < -0.3 is 15.4 Å². The zero-order valence-electron chi connectivity index (χ0n) is 15.8. The van der Waals surface area contributed by atoms with Crippen LogP contribution in [0.25, 0.3) is 0 Å². The molecule has 22 heavy (non-hydrogen) atoms. The predicted octanol–water partition coefficient (Wildman–Crippen LogP) is 4.48. The Balaban J connectivity index is 4.36. The van der Waals surface area contributed by atoms with Gasteiger partial charge in [-0.15, -0.1) is 0 Å². The standard InChI is InChI=1S/C18H38N2O2/c1-8-11-16(13-19-17(21)22-18(5,6)7)20-15(10-3)12-14(4)9-2/h14-16,20H,8-13H2,1-7H3,(H,19,21). The molecule has 0 saturated heterocycles. The summed E-state index contributed by atoms with van der Waals surface area (Å²) in [6, 6.07) is 0.832. The van der Waals surface area contributed by atoms with E-state index in [4.69, 9.17) is 4.74 Å². The van der Waals surface area contributed by atoms with Crippen LogP contribution in [0.4, 0.5) is 4.79 Å². The van der Waals surface area contributed by atoms with Crippen molar-refractivity contribution in [3.8, 4) is 0 Å². The van der Waals surface area contributed by atoms with E-state index in [1.807, 2.05) is 20.8 Å². The van der Waals surface area contributed by atoms with Gasteiger partial charge in [0.25, 0.3) is 0 Å². The van der Waals surface area contributed by atoms with E-state index >= 15 is 0 Å². The summed E-state index contributed by atoms with van der Waals surface area (Å²) in [5.74, 6) is 0.735. The monoisotopic (exact) mass is 314 g/mol. The second kappa shape index (κ2) is 10.9. The van der Waals surface area contributed by atoms with Gasteiger partial charge in [-0.2, -0.15) is 0 Å². The third kappa shape index (κ3) is 10.9. The number of amides is 1. The molecule has 0 aromatic carbocycles. The first-order valence-electron chi connectivity index (χ1n) is 8.94. The van der Waals surface area contributed by atoms with Crippen molar-refractivity contribution in [3.63, 3.8) is 0 Å². The van der Waals surface area contributed by atoms with Crippen LogP contribution in [0.3, 0.4) is 0 Å². The van der Waals surface area contributed by atoms with Crippen molar-refractivity contribution in [2.75, 3.05) is 6.54 Å². The zero-order chi connectivity index (χ0) is 17.2. The van der Waals surface area contributed by atoms with E-state index in [1.54, 1.807) is 0 Å². The number of nitrogens with one attached hydrogen (secondary N) is 2. The molecule has 0 aromatic heterocycles. The van der Waals surface area contributed by atoms with Gasteiger partial charge in [-0.1, -0.05) is 40.5 Å². The van der Waals surface area contributed by atoms with E-state index in [0.29, 0.717) is 18.6 Å². The summed E-state index contributed by atoms with van der Waals surface area (Å²) in [4.78, 5) is 11.8. The van der Waals surface area contributed by atoms with Crippen molar-refractivity contribution >= 4 is 6.09 Å². The van der Waals surface area contributed by atoms with Gasteiger partial charge in [-0.05, 0) is 46.0 Å². The van der Waals surface area contributed by atoms with Gasteiger partial charge in [0.15, 0.2) is 0 Å². The number of carbonyl (C=O) groups is 1. The molecular formula is C18H38N2O2. The highest BCUT2D eigenvalue weighted by Crippen LogP contribution is 2.13. The molecule has 0 bridgehead atoms. The van der Waals surface area contributed by atoms with Gasteiger partial charge in [0, 0.05) is 18.6 Å². The van der Waals surface area contributed by atoms with E-state index < -0.39 is 5.60 Å². The second-order valence-electron chi connectivity index (χ2n) is 7.39. The van der Waals surface area contributed by atoms with Crippen molar-refractivity contribution in [1.29, 1.82) is 0 Å². The lowest BCUT2D eigenvalue weighted by atomic mass is 9.96. The third-order valence-electron chi connectivity index (χ3n) is 3.88. The molecule has 0 aromatic rings. The van der Waals surface area contributed by atoms with Crippen molar-refractivity contribution in [1.82, 2.24) is 10.6 Å². The van der Waals surface area contributed by atoms with Crippen LogP contribution in [0.15, 0.2) is 0 Å². The maximum Gasteiger partial charge on any atom is 0.407 e. The summed E-state index contributed by atoms with van der Waals surface area (Å²) in [5.41, 5.74) is -0.444. The normalized spacial score (nSPS) is 16.0. The first-order chi connectivity index (χ1) is 10.2. The van der Waals surface area contributed by atoms with E-state index in [9.17, 15) is 4.79 Å². The first-order valence-corrected chi connectivity index (χ1v) is 8.94. The zero-order valence-corrected chi connectivity index (χ0v) is 15.8. The third-order valence-corrected chi connectivity index (χ3v) is 3.88. The van der Waals surface area contributed by atoms with Crippen LogP contribution in [0.5, 0.6) is 0 Å². The number of alkyl carbamates (subject to hydrolysis) is 1. The highest BCUT2D eigenvalue weighted by molar-refractivity contribution is 5.67. The van der Waals surface area contributed by atoms with Gasteiger partial charge >= 0.3 is 6.09 Å². The van der Waals surface area contributed by atoms with Crippen molar-refractivity contribution in [2.45, 2.75) is 98.3 Å². The van der Waals surface area contributed by atoms with Crippen LogP contribution < -0.4 is 10.6 Å². The highest BCUT2D eigenvalue weighted by atomic mass is 16.6. The van der Waals surface area contributed by atoms with Gasteiger partial charge in [-0.3, -0.25) is 0 Å². The summed E-state index contributed by atoms with van der Waals surface area (Å²) in [6.45, 7) is 15.2. The minimum atomic E-state index is -0.444. The Morgan fingerprint density at radius 2 is 1.73 bits per heavy atom. The molecule has 132 valence electrons. The van der Waals surface area contributed by atoms with Crippen LogP contribution in [0.1, 0.15) is 80.6 Å². The van der Waals surface area contributed by atoms with E-state index in [0.717, 1.165) is 25.2 Å². The molecule has 3 atom stereocenters. The van der Waals surface area contributed by atoms with Gasteiger partial charge in [-0.25, -0.2) is 4.79 Å². The molecule has 0 fully saturated rings. The van der Waals surface area contributed by atoms with Crippen molar-refractivity contribution in [3.05, 3.63) is 0 Å². The predicted molar refractivity (Wildman–Crippen MR) is 94.2 cm³/mol. The smallest absolute Gasteiger partial charge is 0.407 e. The van der Waals surface area contributed by atoms with Crippen LogP contribution in [-0.2, 0) is 4.74 Å². The van der Waals surface area contributed by atoms with Gasteiger partial charge in [0.2, 0.25) is 0 Å². The average molecular weight is 315 g/mol. The Bertz CT molecular complexity index is 300. The Kier molecular flexibility index (Phi) is 10.5. The van der Waals surface area contributed by atoms with Crippen LogP contribution in [-0.4, -0.2) is 30.3 Å². The molecule has 0 aliphatic rings. The summed E-state index contributed by atoms with van der Waals surface area (Å²) >= 11 is 0. The van der Waals surface area contributed by atoms with E-state index in [-0.39, 0.29) is 6.09 Å². The molecule has 0 heterocycles. The number of rotatable bonds is 10. The number of hydrogen-bond acceptors (Lipinski definition) is 3. The molecule has 0 spiro atoms. The number of hydrogen-bond donors (Lipinski definition) is 2. The lowest BCUT2D eigenvalue weighted by Gasteiger charge is -2.27. The summed E-state index contributed by atoms with van der Waals surface area (Å²) < 4.78 is 5.30. The maximum absolute atomic E-state index is 11.8. The number of carbonyl (C=O) groups excluding carboxylic acids is 1. The highest BCUT2D eigenvalue weighted by Gasteiger charge is 2.19. The summed E-state index contributed by atoms with van der Waals surface area (Å²) in [6.07, 6.45) is 5.37. The summed E-state index contributed by atoms with van der Waals surface area (Å²) in [5, 5.41) is 6.62. The van der Waals surface area contributed by atoms with Crippen molar-refractivity contribution < 1.29 is 9.53 Å². The van der Waals surface area contributed by atoms with E-state index in [1.165, 1.54) is 12.8 Å². The average Bonchev–Trinajstić information content (AvgIpc) is 2.42. The largest absolute Gasteiger partial charge is 0.444 e. The first kappa shape index (κ1) is 21.2. The van der Waals surface area contributed by atoms with Crippen LogP contribution in [0.2, 0.25) is 0 Å². The fourth-order valence-corrected chi connectivity index (χ4v) is 2.45. The fourth-order valence-electron chi connectivity index (χ4n) is 2.45. The van der Waals surface area contributed by atoms with Crippen LogP contribution >= 0.6 is 0 Å². The molecule has 0 rings (SSSR count). The lowest BCUT2D eigenvalue weighted by Crippen LogP contribution is -2.46. The lowest BCUT2D eigenvalue weighted by molar-refractivity contribution is 0.0520. The van der Waals surface area contributed by atoms with Gasteiger partial charge in [0.1, 0.15) is 5.60 Å². The molecule has 2 N–H and O–H groups in total. The molecule has 4 heteroatoms. The molecule has 0 radical (unpaired) electrons. The Labute approximate surface area is 137 Å². The minimum absolute atomic E-state index is 0.312. The molecule has 1 amide bonds. The molecular weight excluding hydrogens is 276 g/mol. The Morgan fingerprint density at radius 1 is 1.09 bits per heavy atom. The number of ether oxygens (including phenoxy) is 1. The topological polar surface area (TPSA) is 50.4 Å². The van der Waals surface area contributed by atoms with Crippen molar-refractivity contribution in [2.24, 2.45) is 5.92 Å². The van der Waals surface area contributed by atoms with Crippen LogP contribution in [0, 0.1) is 5.92 Å². The Hall–Kier alpha value is -0.770. The molecule has 0 aliphatic carbocycles. The minimum Gasteiger partial charge on any atom is -0.444 e. The molecule has 3 unspecified atom stereocenters.